The van der Waals surface area contributed by atoms with Gasteiger partial charge < -0.3 is 0 Å². The van der Waals surface area contributed by atoms with Crippen LogP contribution in [0.5, 0.6) is 0 Å². The summed E-state index contributed by atoms with van der Waals surface area (Å²) in [5, 5.41) is 0. The molecule has 0 atom stereocenters. The van der Waals surface area contributed by atoms with Crippen molar-refractivity contribution in [3.63, 3.8) is 0 Å². The van der Waals surface area contributed by atoms with Crippen LogP contribution in [-0.4, -0.2) is 0 Å². The zero-order valence-electron chi connectivity index (χ0n) is 19.7. The molecule has 0 bridgehead atoms. The Hall–Kier alpha value is -1.82. The first-order chi connectivity index (χ1) is 12.9. The van der Waals surface area contributed by atoms with Gasteiger partial charge in [0.05, 0.1) is 0 Å². The molecule has 0 heterocycles. The van der Waals surface area contributed by atoms with E-state index in [9.17, 15) is 0 Å². The lowest BCUT2D eigenvalue weighted by atomic mass is 10.0. The molecular formula is C27H44. The van der Waals surface area contributed by atoms with E-state index in [1.165, 1.54) is 34.2 Å². The SMILES string of the molecule is CC.CC=C(C)c1ccccc1C.CCC.CCc1cccc(C(C)C)c1. The third-order valence-corrected chi connectivity index (χ3v) is 4.03. The maximum atomic E-state index is 2.30. The second-order valence-electron chi connectivity index (χ2n) is 6.75. The molecule has 0 aliphatic rings. The van der Waals surface area contributed by atoms with E-state index in [-0.39, 0.29) is 0 Å². The highest BCUT2D eigenvalue weighted by molar-refractivity contribution is 5.65. The van der Waals surface area contributed by atoms with E-state index in [0.29, 0.717) is 5.92 Å². The number of allylic oxidation sites excluding steroid dienone is 2. The molecule has 0 fully saturated rings. The van der Waals surface area contributed by atoms with E-state index in [2.05, 4.69) is 110 Å². The lowest BCUT2D eigenvalue weighted by Crippen LogP contribution is -1.88. The molecule has 0 aliphatic heterocycles. The smallest absolute Gasteiger partial charge is 0.0201 e. The fourth-order valence-electron chi connectivity index (χ4n) is 2.34. The number of benzene rings is 2. The normalized spacial score (nSPS) is 9.96. The molecule has 2 rings (SSSR count). The highest BCUT2D eigenvalue weighted by atomic mass is 14.0. The molecule has 0 unspecified atom stereocenters. The van der Waals surface area contributed by atoms with Crippen molar-refractivity contribution >= 4 is 5.57 Å². The molecule has 2 aromatic carbocycles. The van der Waals surface area contributed by atoms with Crippen molar-refractivity contribution < 1.29 is 0 Å². The van der Waals surface area contributed by atoms with Crippen LogP contribution in [0.3, 0.4) is 0 Å². The van der Waals surface area contributed by atoms with Gasteiger partial charge in [-0.05, 0) is 60.9 Å². The van der Waals surface area contributed by atoms with Gasteiger partial charge in [0.25, 0.3) is 0 Å². The molecule has 0 N–H and O–H groups in total. The zero-order valence-corrected chi connectivity index (χ0v) is 19.7. The molecular weight excluding hydrogens is 324 g/mol. The van der Waals surface area contributed by atoms with E-state index in [1.807, 2.05) is 13.8 Å². The van der Waals surface area contributed by atoms with Crippen molar-refractivity contribution in [2.24, 2.45) is 0 Å². The van der Waals surface area contributed by atoms with Crippen LogP contribution < -0.4 is 0 Å². The number of hydrogen-bond acceptors (Lipinski definition) is 0. The molecule has 0 aromatic heterocycles. The van der Waals surface area contributed by atoms with Gasteiger partial charge in [0.1, 0.15) is 0 Å². The van der Waals surface area contributed by atoms with E-state index < -0.39 is 0 Å². The van der Waals surface area contributed by atoms with E-state index in [0.717, 1.165) is 6.42 Å². The summed E-state index contributed by atoms with van der Waals surface area (Å²) in [4.78, 5) is 0. The Bertz CT molecular complexity index is 617. The molecule has 0 heteroatoms. The summed E-state index contributed by atoms with van der Waals surface area (Å²) in [7, 11) is 0. The summed E-state index contributed by atoms with van der Waals surface area (Å²) in [5.41, 5.74) is 6.95. The Morgan fingerprint density at radius 3 is 1.93 bits per heavy atom. The van der Waals surface area contributed by atoms with Crippen molar-refractivity contribution in [1.29, 1.82) is 0 Å². The van der Waals surface area contributed by atoms with Crippen molar-refractivity contribution in [3.8, 4) is 0 Å². The summed E-state index contributed by atoms with van der Waals surface area (Å²) in [6.07, 6.45) is 4.53. The first kappa shape index (κ1) is 27.4. The van der Waals surface area contributed by atoms with Gasteiger partial charge in [0.15, 0.2) is 0 Å². The summed E-state index contributed by atoms with van der Waals surface area (Å²) < 4.78 is 0. The highest BCUT2D eigenvalue weighted by Crippen LogP contribution is 2.17. The van der Waals surface area contributed by atoms with Crippen molar-refractivity contribution in [3.05, 3.63) is 76.9 Å². The Balaban J connectivity index is 0. The largest absolute Gasteiger partial charge is 0.0841 e. The predicted octanol–water partition coefficient (Wildman–Crippen LogP) is 9.23. The van der Waals surface area contributed by atoms with Crippen molar-refractivity contribution in [1.82, 2.24) is 0 Å². The van der Waals surface area contributed by atoms with Crippen LogP contribution in [0, 0.1) is 6.92 Å². The summed E-state index contributed by atoms with van der Waals surface area (Å²) in [6.45, 7) is 21.3. The van der Waals surface area contributed by atoms with Crippen LogP contribution >= 0.6 is 0 Å². The molecule has 0 saturated heterocycles. The van der Waals surface area contributed by atoms with Crippen LogP contribution in [0.15, 0.2) is 54.6 Å². The average molecular weight is 369 g/mol. The minimum atomic E-state index is 0.654. The van der Waals surface area contributed by atoms with E-state index >= 15 is 0 Å². The Kier molecular flexibility index (Phi) is 17.8. The van der Waals surface area contributed by atoms with Gasteiger partial charge in [-0.3, -0.25) is 0 Å². The fraction of sp³-hybridized carbons (Fsp3) is 0.481. The van der Waals surface area contributed by atoms with Crippen LogP contribution in [0.25, 0.3) is 5.57 Å². The summed E-state index contributed by atoms with van der Waals surface area (Å²) >= 11 is 0. The highest BCUT2D eigenvalue weighted by Gasteiger charge is 1.98. The quantitative estimate of drug-likeness (QED) is 0.506. The van der Waals surface area contributed by atoms with Gasteiger partial charge >= 0.3 is 0 Å². The number of hydrogen-bond donors (Lipinski definition) is 0. The topological polar surface area (TPSA) is 0 Å². The van der Waals surface area contributed by atoms with Crippen molar-refractivity contribution in [2.75, 3.05) is 0 Å². The minimum Gasteiger partial charge on any atom is -0.0841 e. The third kappa shape index (κ3) is 12.2. The van der Waals surface area contributed by atoms with E-state index in [4.69, 9.17) is 0 Å². The Morgan fingerprint density at radius 1 is 0.926 bits per heavy atom. The second kappa shape index (κ2) is 17.6. The van der Waals surface area contributed by atoms with Gasteiger partial charge in [-0.2, -0.15) is 0 Å². The van der Waals surface area contributed by atoms with Gasteiger partial charge in [-0.25, -0.2) is 0 Å². The monoisotopic (exact) mass is 368 g/mol. The first-order valence-corrected chi connectivity index (χ1v) is 10.7. The maximum absolute atomic E-state index is 2.30. The van der Waals surface area contributed by atoms with Crippen LogP contribution in [0.2, 0.25) is 0 Å². The first-order valence-electron chi connectivity index (χ1n) is 10.7. The zero-order chi connectivity index (χ0) is 21.2. The summed E-state index contributed by atoms with van der Waals surface area (Å²) in [5.74, 6) is 0.654. The Morgan fingerprint density at radius 2 is 1.48 bits per heavy atom. The minimum absolute atomic E-state index is 0.654. The molecule has 0 aliphatic carbocycles. The van der Waals surface area contributed by atoms with Gasteiger partial charge in [0.2, 0.25) is 0 Å². The predicted molar refractivity (Wildman–Crippen MR) is 128 cm³/mol. The van der Waals surface area contributed by atoms with Gasteiger partial charge in [-0.15, -0.1) is 0 Å². The van der Waals surface area contributed by atoms with Crippen LogP contribution in [-0.2, 0) is 6.42 Å². The van der Waals surface area contributed by atoms with Gasteiger partial charge in [0, 0.05) is 0 Å². The number of rotatable bonds is 3. The summed E-state index contributed by atoms with van der Waals surface area (Å²) in [6, 6.07) is 17.3. The molecule has 0 spiro atoms. The number of aryl methyl sites for hydroxylation is 2. The van der Waals surface area contributed by atoms with Crippen LogP contribution in [0.1, 0.15) is 96.9 Å². The standard InChI is InChI=1S/C11H16.C11H14.C3H8.C2H6/c1-4-10-6-5-7-11(8-10)9(2)3;1-4-9(2)11-8-6-5-7-10(11)3;1-3-2;1-2/h5-9H,4H2,1-3H3;4-8H,1-3H3;3H2,1-2H3;1-2H3. The molecule has 0 saturated carbocycles. The molecule has 27 heavy (non-hydrogen) atoms. The lowest BCUT2D eigenvalue weighted by Gasteiger charge is -2.05. The molecule has 0 radical (unpaired) electrons. The molecule has 0 amide bonds. The second-order valence-corrected chi connectivity index (χ2v) is 6.75. The fourth-order valence-corrected chi connectivity index (χ4v) is 2.34. The third-order valence-electron chi connectivity index (χ3n) is 4.03. The van der Waals surface area contributed by atoms with Crippen molar-refractivity contribution in [2.45, 2.75) is 88.0 Å². The molecule has 0 nitrogen and oxygen atoms in total. The lowest BCUT2D eigenvalue weighted by molar-refractivity contribution is 0.862. The van der Waals surface area contributed by atoms with E-state index in [1.54, 1.807) is 0 Å². The Labute approximate surface area is 170 Å². The average Bonchev–Trinajstić information content (AvgIpc) is 2.70. The maximum Gasteiger partial charge on any atom is -0.0201 e. The van der Waals surface area contributed by atoms with Gasteiger partial charge in [-0.1, -0.05) is 109 Å². The molecule has 2 aromatic rings. The van der Waals surface area contributed by atoms with Crippen LogP contribution in [0.4, 0.5) is 0 Å². The molecule has 152 valence electrons.